The summed E-state index contributed by atoms with van der Waals surface area (Å²) in [4.78, 5) is 0. The molecule has 0 bridgehead atoms. The van der Waals surface area contributed by atoms with Crippen molar-refractivity contribution in [1.29, 1.82) is 0 Å². The smallest absolute Gasteiger partial charge is 0.0690 e. The molecule has 2 nitrogen and oxygen atoms in total. The number of hydrogen-bond acceptors (Lipinski definition) is 2. The molecule has 2 heteroatoms. The predicted octanol–water partition coefficient (Wildman–Crippen LogP) is 2.68. The van der Waals surface area contributed by atoms with Crippen molar-refractivity contribution in [1.82, 2.24) is 0 Å². The molecule has 0 atom stereocenters. The molecule has 2 rings (SSSR count). The van der Waals surface area contributed by atoms with Crippen molar-refractivity contribution >= 4 is 0 Å². The summed E-state index contributed by atoms with van der Waals surface area (Å²) in [7, 11) is 1.73. The summed E-state index contributed by atoms with van der Waals surface area (Å²) in [6.07, 6.45) is 2.69. The van der Waals surface area contributed by atoms with Gasteiger partial charge in [-0.3, -0.25) is 0 Å². The Morgan fingerprint density at radius 2 is 1.82 bits per heavy atom. The maximum Gasteiger partial charge on any atom is 0.0690 e. The van der Waals surface area contributed by atoms with Gasteiger partial charge in [-0.25, -0.2) is 0 Å². The van der Waals surface area contributed by atoms with Gasteiger partial charge in [-0.1, -0.05) is 38.1 Å². The van der Waals surface area contributed by atoms with E-state index in [0.717, 1.165) is 25.9 Å². The van der Waals surface area contributed by atoms with Crippen molar-refractivity contribution in [2.24, 2.45) is 0 Å². The maximum atomic E-state index is 9.88. The van der Waals surface area contributed by atoms with Crippen molar-refractivity contribution < 1.29 is 9.84 Å². The zero-order valence-electron chi connectivity index (χ0n) is 11.0. The molecule has 1 aromatic carbocycles. The topological polar surface area (TPSA) is 29.5 Å². The Bertz CT molecular complexity index is 374. The van der Waals surface area contributed by atoms with Gasteiger partial charge in [0.15, 0.2) is 0 Å². The normalized spacial score (nSPS) is 18.1. The van der Waals surface area contributed by atoms with Gasteiger partial charge >= 0.3 is 0 Å². The highest BCUT2D eigenvalue weighted by Crippen LogP contribution is 2.38. The standard InChI is InChI=1S/C15H22O2/c1-14(2,11-17-3)13-6-4-12(5-7-13)10-15(16)8-9-15/h4-7,16H,8-11H2,1-3H3. The van der Waals surface area contributed by atoms with Crippen LogP contribution in [-0.4, -0.2) is 24.4 Å². The molecule has 0 aromatic heterocycles. The van der Waals surface area contributed by atoms with Gasteiger partial charge in [0.05, 0.1) is 12.2 Å². The average molecular weight is 234 g/mol. The molecule has 0 spiro atoms. The largest absolute Gasteiger partial charge is 0.390 e. The summed E-state index contributed by atoms with van der Waals surface area (Å²) in [5, 5.41) is 9.88. The van der Waals surface area contributed by atoms with Crippen LogP contribution in [0, 0.1) is 0 Å². The molecule has 17 heavy (non-hydrogen) atoms. The van der Waals surface area contributed by atoms with Crippen LogP contribution in [0.1, 0.15) is 37.8 Å². The third-order valence-corrected chi connectivity index (χ3v) is 3.60. The van der Waals surface area contributed by atoms with E-state index in [0.29, 0.717) is 0 Å². The van der Waals surface area contributed by atoms with E-state index in [1.807, 2.05) is 0 Å². The first-order valence-corrected chi connectivity index (χ1v) is 6.26. The van der Waals surface area contributed by atoms with Gasteiger partial charge < -0.3 is 9.84 Å². The number of rotatable bonds is 5. The van der Waals surface area contributed by atoms with E-state index in [2.05, 4.69) is 38.1 Å². The third kappa shape index (κ3) is 3.08. The van der Waals surface area contributed by atoms with Crippen LogP contribution in [0.5, 0.6) is 0 Å². The molecule has 1 aliphatic rings. The highest BCUT2D eigenvalue weighted by Gasteiger charge is 2.40. The number of hydrogen-bond donors (Lipinski definition) is 1. The summed E-state index contributed by atoms with van der Waals surface area (Å²) in [6, 6.07) is 8.56. The molecular weight excluding hydrogens is 212 g/mol. The Morgan fingerprint density at radius 1 is 1.24 bits per heavy atom. The quantitative estimate of drug-likeness (QED) is 0.848. The average Bonchev–Trinajstić information content (AvgIpc) is 2.97. The van der Waals surface area contributed by atoms with Crippen molar-refractivity contribution in [3.63, 3.8) is 0 Å². The molecule has 0 radical (unpaired) electrons. The Labute approximate surface area is 104 Å². The van der Waals surface area contributed by atoms with E-state index in [9.17, 15) is 5.11 Å². The molecule has 0 saturated heterocycles. The number of benzene rings is 1. The van der Waals surface area contributed by atoms with Crippen molar-refractivity contribution in [2.45, 2.75) is 44.1 Å². The van der Waals surface area contributed by atoms with E-state index in [1.165, 1.54) is 11.1 Å². The highest BCUT2D eigenvalue weighted by molar-refractivity contribution is 5.29. The Hall–Kier alpha value is -0.860. The van der Waals surface area contributed by atoms with E-state index < -0.39 is 5.60 Å². The van der Waals surface area contributed by atoms with Crippen molar-refractivity contribution in [3.05, 3.63) is 35.4 Å². The molecular formula is C15H22O2. The minimum absolute atomic E-state index is 0.0454. The molecule has 1 N–H and O–H groups in total. The van der Waals surface area contributed by atoms with Crippen molar-refractivity contribution in [3.8, 4) is 0 Å². The van der Waals surface area contributed by atoms with E-state index in [4.69, 9.17) is 4.74 Å². The number of ether oxygens (including phenoxy) is 1. The van der Waals surface area contributed by atoms with Crippen LogP contribution in [0.15, 0.2) is 24.3 Å². The zero-order chi connectivity index (χ0) is 12.5. The summed E-state index contributed by atoms with van der Waals surface area (Å²) >= 11 is 0. The van der Waals surface area contributed by atoms with Crippen LogP contribution in [0.4, 0.5) is 0 Å². The Morgan fingerprint density at radius 3 is 2.29 bits per heavy atom. The van der Waals surface area contributed by atoms with Gasteiger partial charge in [-0.2, -0.15) is 0 Å². The van der Waals surface area contributed by atoms with Gasteiger partial charge in [0.1, 0.15) is 0 Å². The molecule has 1 aliphatic carbocycles. The van der Waals surface area contributed by atoms with Gasteiger partial charge in [-0.05, 0) is 24.0 Å². The summed E-state index contributed by atoms with van der Waals surface area (Å²) in [6.45, 7) is 5.08. The second-order valence-electron chi connectivity index (χ2n) is 5.91. The lowest BCUT2D eigenvalue weighted by Gasteiger charge is -2.24. The highest BCUT2D eigenvalue weighted by atomic mass is 16.5. The van der Waals surface area contributed by atoms with Crippen LogP contribution < -0.4 is 0 Å². The monoisotopic (exact) mass is 234 g/mol. The van der Waals surface area contributed by atoms with Gasteiger partial charge in [0.25, 0.3) is 0 Å². The van der Waals surface area contributed by atoms with Crippen LogP contribution >= 0.6 is 0 Å². The molecule has 1 aromatic rings. The van der Waals surface area contributed by atoms with Crippen molar-refractivity contribution in [2.75, 3.05) is 13.7 Å². The first kappa shape index (κ1) is 12.6. The Balaban J connectivity index is 2.07. The lowest BCUT2D eigenvalue weighted by molar-refractivity contribution is 0.146. The SMILES string of the molecule is COCC(C)(C)c1ccc(CC2(O)CC2)cc1. The summed E-state index contributed by atoms with van der Waals surface area (Å²) < 4.78 is 5.24. The fraction of sp³-hybridized carbons (Fsp3) is 0.600. The molecule has 0 aliphatic heterocycles. The first-order chi connectivity index (χ1) is 7.95. The minimum atomic E-state index is -0.399. The van der Waals surface area contributed by atoms with E-state index in [-0.39, 0.29) is 5.41 Å². The zero-order valence-corrected chi connectivity index (χ0v) is 11.0. The Kier molecular flexibility index (Phi) is 3.28. The van der Waals surface area contributed by atoms with E-state index in [1.54, 1.807) is 7.11 Å². The van der Waals surface area contributed by atoms with Gasteiger partial charge in [0, 0.05) is 18.9 Å². The third-order valence-electron chi connectivity index (χ3n) is 3.60. The van der Waals surface area contributed by atoms with E-state index >= 15 is 0 Å². The molecule has 0 unspecified atom stereocenters. The molecule has 0 amide bonds. The van der Waals surface area contributed by atoms with Crippen LogP contribution in [0.25, 0.3) is 0 Å². The predicted molar refractivity (Wildman–Crippen MR) is 69.2 cm³/mol. The second kappa shape index (κ2) is 4.43. The summed E-state index contributed by atoms with van der Waals surface area (Å²) in [5.41, 5.74) is 2.15. The minimum Gasteiger partial charge on any atom is -0.390 e. The maximum absolute atomic E-state index is 9.88. The molecule has 94 valence electrons. The van der Waals surface area contributed by atoms with Crippen LogP contribution in [0.2, 0.25) is 0 Å². The number of aliphatic hydroxyl groups is 1. The lowest BCUT2D eigenvalue weighted by Crippen LogP contribution is -2.23. The summed E-state index contributed by atoms with van der Waals surface area (Å²) in [5.74, 6) is 0. The van der Waals surface area contributed by atoms with Crippen LogP contribution in [0.3, 0.4) is 0 Å². The molecule has 1 saturated carbocycles. The lowest BCUT2D eigenvalue weighted by atomic mass is 9.85. The molecule has 0 heterocycles. The first-order valence-electron chi connectivity index (χ1n) is 6.26. The fourth-order valence-electron chi connectivity index (χ4n) is 2.22. The van der Waals surface area contributed by atoms with Gasteiger partial charge in [0.2, 0.25) is 0 Å². The molecule has 1 fully saturated rings. The van der Waals surface area contributed by atoms with Crippen LogP contribution in [-0.2, 0) is 16.6 Å². The number of methoxy groups -OCH3 is 1. The second-order valence-corrected chi connectivity index (χ2v) is 5.91. The fourth-order valence-corrected chi connectivity index (χ4v) is 2.22. The van der Waals surface area contributed by atoms with Gasteiger partial charge in [-0.15, -0.1) is 0 Å².